The largest absolute Gasteiger partial charge is 0.480 e. The number of halogens is 4. The zero-order chi connectivity index (χ0) is 29.9. The third kappa shape index (κ3) is 9.64. The third-order valence-electron chi connectivity index (χ3n) is 7.56. The Bertz CT molecular complexity index is 1040. The topological polar surface area (TPSA) is 109 Å². The Morgan fingerprint density at radius 3 is 2.71 bits per heavy atom. The summed E-state index contributed by atoms with van der Waals surface area (Å²) in [5, 5.41) is 19.3. The van der Waals surface area contributed by atoms with Gasteiger partial charge in [-0.05, 0) is 70.5 Å². The number of aliphatic carboxylic acids is 1. The molecule has 1 aromatic heterocycles. The molecule has 9 nitrogen and oxygen atoms in total. The van der Waals surface area contributed by atoms with Gasteiger partial charge in [0, 0.05) is 32.9 Å². The minimum Gasteiger partial charge on any atom is -0.480 e. The zero-order valence-electron chi connectivity index (χ0n) is 23.5. The highest BCUT2D eigenvalue weighted by Gasteiger charge is 2.56. The number of hydrogen-bond acceptors (Lipinski definition) is 6. The predicted octanol–water partition coefficient (Wildman–Crippen LogP) is 3.67. The molecule has 1 aliphatic heterocycles. The average molecular weight is 588 g/mol. The van der Waals surface area contributed by atoms with E-state index in [2.05, 4.69) is 34.0 Å². The molecule has 2 atom stereocenters. The number of ether oxygens (including phenoxy) is 1. The summed E-state index contributed by atoms with van der Waals surface area (Å²) in [5.74, 6) is -2.11. The fourth-order valence-electron chi connectivity index (χ4n) is 4.96. The average Bonchev–Trinajstić information content (AvgIpc) is 3.59. The minimum absolute atomic E-state index is 0.00732. The molecule has 2 unspecified atom stereocenters. The van der Waals surface area contributed by atoms with Crippen LogP contribution in [0.1, 0.15) is 57.1 Å². The third-order valence-corrected chi connectivity index (χ3v) is 7.56. The van der Waals surface area contributed by atoms with Crippen LogP contribution in [-0.4, -0.2) is 90.3 Å². The first-order valence-corrected chi connectivity index (χ1v) is 14.1. The summed E-state index contributed by atoms with van der Waals surface area (Å²) in [7, 11) is 1.41. The van der Waals surface area contributed by atoms with Crippen molar-refractivity contribution in [3.8, 4) is 0 Å². The highest BCUT2D eigenvalue weighted by Crippen LogP contribution is 2.46. The standard InChI is InChI=1S/C28H41F4N5O4/c1-41-22(18-29)20-36(16-6-4-2-3-5-8-21-9-7-14-33-19-21)17-11-23(25(38)39)35-26(40)27(12-13-27)37-24(10-15-34-37)28(30,31)32/h3,5,8,10,15,22-23,33H,2,4,6-7,9,11-14,16-20H2,1H3,(H,35,40)(H,38,39)/b5-3?,21-8-. The molecule has 0 aromatic carbocycles. The van der Waals surface area contributed by atoms with Gasteiger partial charge in [0.25, 0.3) is 0 Å². The number of unbranched alkanes of at least 4 members (excludes halogenated alkanes) is 2. The quantitative estimate of drug-likeness (QED) is 0.189. The number of alkyl halides is 4. The van der Waals surface area contributed by atoms with Crippen LogP contribution in [-0.2, 0) is 26.0 Å². The Labute approximate surface area is 238 Å². The van der Waals surface area contributed by atoms with Gasteiger partial charge in [0.1, 0.15) is 23.9 Å². The van der Waals surface area contributed by atoms with Crippen LogP contribution in [0.5, 0.6) is 0 Å². The van der Waals surface area contributed by atoms with E-state index < -0.39 is 48.1 Å². The van der Waals surface area contributed by atoms with Crippen molar-refractivity contribution in [1.29, 1.82) is 0 Å². The van der Waals surface area contributed by atoms with Crippen molar-refractivity contribution >= 4 is 11.9 Å². The van der Waals surface area contributed by atoms with E-state index in [-0.39, 0.29) is 32.4 Å². The number of nitrogens with zero attached hydrogens (tertiary/aromatic N) is 3. The Balaban J connectivity index is 1.54. The monoisotopic (exact) mass is 587 g/mol. The number of carboxylic acid groups (broad SMARTS) is 1. The van der Waals surface area contributed by atoms with E-state index in [0.717, 1.165) is 57.5 Å². The first kappa shape index (κ1) is 32.7. The van der Waals surface area contributed by atoms with Crippen molar-refractivity contribution in [2.45, 2.75) is 75.2 Å². The van der Waals surface area contributed by atoms with Gasteiger partial charge in [-0.15, -0.1) is 0 Å². The first-order chi connectivity index (χ1) is 19.6. The summed E-state index contributed by atoms with van der Waals surface area (Å²) >= 11 is 0. The molecule has 3 rings (SSSR count). The van der Waals surface area contributed by atoms with Gasteiger partial charge in [-0.1, -0.05) is 23.8 Å². The van der Waals surface area contributed by atoms with Crippen LogP contribution in [0.4, 0.5) is 17.6 Å². The molecule has 2 aliphatic rings. The van der Waals surface area contributed by atoms with E-state index in [9.17, 15) is 32.3 Å². The normalized spacial score (nSPS) is 19.5. The molecular formula is C28H41F4N5O4. The molecule has 2 heterocycles. The molecule has 0 radical (unpaired) electrons. The highest BCUT2D eigenvalue weighted by molar-refractivity contribution is 5.90. The second-order valence-electron chi connectivity index (χ2n) is 10.7. The number of methoxy groups -OCH3 is 1. The van der Waals surface area contributed by atoms with Gasteiger partial charge in [-0.25, -0.2) is 13.9 Å². The van der Waals surface area contributed by atoms with Gasteiger partial charge in [-0.3, -0.25) is 4.79 Å². The lowest BCUT2D eigenvalue weighted by atomic mass is 10.1. The molecule has 230 valence electrons. The van der Waals surface area contributed by atoms with Gasteiger partial charge < -0.3 is 25.4 Å². The maximum absolute atomic E-state index is 13.4. The molecule has 3 N–H and O–H groups in total. The molecule has 1 saturated heterocycles. The smallest absolute Gasteiger partial charge is 0.433 e. The number of carboxylic acids is 1. The molecule has 1 aliphatic carbocycles. The lowest BCUT2D eigenvalue weighted by molar-refractivity contribution is -0.148. The van der Waals surface area contributed by atoms with Crippen molar-refractivity contribution in [2.75, 3.05) is 46.5 Å². The Hall–Kier alpha value is -2.77. The molecule has 13 heteroatoms. The summed E-state index contributed by atoms with van der Waals surface area (Å²) < 4.78 is 59.4. The SMILES string of the molecule is COC(CF)CN(CCCCC=C/C=C1/CCCNC1)CCC(NC(=O)C1(n2nccc2C(F)(F)F)CC1)C(=O)O. The number of rotatable bonds is 17. The van der Waals surface area contributed by atoms with E-state index >= 15 is 0 Å². The van der Waals surface area contributed by atoms with Crippen LogP contribution in [0.3, 0.4) is 0 Å². The maximum atomic E-state index is 13.4. The van der Waals surface area contributed by atoms with Gasteiger partial charge in [-0.2, -0.15) is 18.3 Å². The molecule has 1 amide bonds. The van der Waals surface area contributed by atoms with Crippen LogP contribution < -0.4 is 10.6 Å². The summed E-state index contributed by atoms with van der Waals surface area (Å²) in [6.45, 7) is 2.32. The number of nitrogens with one attached hydrogen (secondary N) is 2. The maximum Gasteiger partial charge on any atom is 0.433 e. The molecular weight excluding hydrogens is 546 g/mol. The summed E-state index contributed by atoms with van der Waals surface area (Å²) in [6, 6.07) is -0.540. The summed E-state index contributed by atoms with van der Waals surface area (Å²) in [6.07, 6.45) is 6.94. The van der Waals surface area contributed by atoms with Gasteiger partial charge in [0.15, 0.2) is 0 Å². The number of piperidine rings is 1. The van der Waals surface area contributed by atoms with E-state index in [0.29, 0.717) is 11.2 Å². The van der Waals surface area contributed by atoms with Crippen LogP contribution >= 0.6 is 0 Å². The van der Waals surface area contributed by atoms with Crippen molar-refractivity contribution in [3.63, 3.8) is 0 Å². The van der Waals surface area contributed by atoms with E-state index in [1.54, 1.807) is 0 Å². The number of carbonyl (C=O) groups is 2. The molecule has 1 saturated carbocycles. The lowest BCUT2D eigenvalue weighted by Crippen LogP contribution is -2.49. The Morgan fingerprint density at radius 2 is 2.10 bits per heavy atom. The number of amides is 1. The number of hydrogen-bond donors (Lipinski definition) is 3. The van der Waals surface area contributed by atoms with E-state index in [4.69, 9.17) is 4.74 Å². The summed E-state index contributed by atoms with van der Waals surface area (Å²) in [5.41, 5.74) is -1.24. The molecule has 2 fully saturated rings. The van der Waals surface area contributed by atoms with Crippen LogP contribution in [0.15, 0.2) is 36.1 Å². The highest BCUT2D eigenvalue weighted by atomic mass is 19.4. The van der Waals surface area contributed by atoms with Crippen LogP contribution in [0, 0.1) is 0 Å². The molecule has 0 bridgehead atoms. The fourth-order valence-corrected chi connectivity index (χ4v) is 4.96. The van der Waals surface area contributed by atoms with Crippen molar-refractivity contribution < 1.29 is 37.0 Å². The fraction of sp³-hybridized carbons (Fsp3) is 0.679. The Morgan fingerprint density at radius 1 is 1.32 bits per heavy atom. The molecule has 1 aromatic rings. The number of aromatic nitrogens is 2. The van der Waals surface area contributed by atoms with Crippen LogP contribution in [0.2, 0.25) is 0 Å². The molecule has 41 heavy (non-hydrogen) atoms. The lowest BCUT2D eigenvalue weighted by Gasteiger charge is -2.28. The first-order valence-electron chi connectivity index (χ1n) is 14.1. The zero-order valence-corrected chi connectivity index (χ0v) is 23.5. The number of allylic oxidation sites excluding steroid dienone is 3. The predicted molar refractivity (Wildman–Crippen MR) is 145 cm³/mol. The minimum atomic E-state index is -4.70. The van der Waals surface area contributed by atoms with Gasteiger partial charge >= 0.3 is 12.1 Å². The summed E-state index contributed by atoms with van der Waals surface area (Å²) in [4.78, 5) is 26.9. The van der Waals surface area contributed by atoms with Gasteiger partial charge in [0.2, 0.25) is 5.91 Å². The molecule has 0 spiro atoms. The van der Waals surface area contributed by atoms with Crippen molar-refractivity contribution in [1.82, 2.24) is 25.3 Å². The van der Waals surface area contributed by atoms with E-state index in [1.165, 1.54) is 12.7 Å². The van der Waals surface area contributed by atoms with Crippen LogP contribution in [0.25, 0.3) is 0 Å². The second kappa shape index (κ2) is 15.5. The van der Waals surface area contributed by atoms with Crippen molar-refractivity contribution in [2.24, 2.45) is 0 Å². The number of carbonyl (C=O) groups excluding carboxylic acids is 1. The Kier molecular flexibility index (Phi) is 12.3. The van der Waals surface area contributed by atoms with E-state index in [1.807, 2.05) is 4.90 Å². The van der Waals surface area contributed by atoms with Crippen molar-refractivity contribution in [3.05, 3.63) is 41.8 Å². The van der Waals surface area contributed by atoms with Gasteiger partial charge in [0.05, 0.1) is 6.10 Å². The second-order valence-corrected chi connectivity index (χ2v) is 10.7.